The Morgan fingerprint density at radius 2 is 2.05 bits per heavy atom. The van der Waals surface area contributed by atoms with Crippen molar-refractivity contribution in [3.63, 3.8) is 0 Å². The van der Waals surface area contributed by atoms with Crippen molar-refractivity contribution in [3.05, 3.63) is 29.1 Å². The van der Waals surface area contributed by atoms with Crippen LogP contribution < -0.4 is 0 Å². The molecule has 0 aliphatic heterocycles. The highest BCUT2D eigenvalue weighted by Crippen LogP contribution is 2.23. The molecule has 0 atom stereocenters. The van der Waals surface area contributed by atoms with Crippen LogP contribution in [0.5, 0.6) is 0 Å². The van der Waals surface area contributed by atoms with Gasteiger partial charge in [-0.3, -0.25) is 0 Å². The number of nitrogens with zero attached hydrogens (tertiary/aromatic N) is 1. The molecule has 1 rings (SSSR count). The van der Waals surface area contributed by atoms with Gasteiger partial charge in [-0.1, -0.05) is 0 Å². The lowest BCUT2D eigenvalue weighted by molar-refractivity contribution is 0.138. The fourth-order valence-corrected chi connectivity index (χ4v) is 3.13. The minimum atomic E-state index is -3.80. The normalized spacial score (nSPS) is 12.1. The summed E-state index contributed by atoms with van der Waals surface area (Å²) in [6.45, 7) is 3.76. The van der Waals surface area contributed by atoms with Crippen molar-refractivity contribution in [2.24, 2.45) is 0 Å². The molecule has 20 heavy (non-hydrogen) atoms. The second-order valence-electron chi connectivity index (χ2n) is 4.38. The van der Waals surface area contributed by atoms with E-state index >= 15 is 0 Å². The SMILES string of the molecule is CCOCCN(C)S(=O)(=O)c1cc(CO)cc(F)c1C. The Morgan fingerprint density at radius 1 is 1.40 bits per heavy atom. The average molecular weight is 305 g/mol. The monoisotopic (exact) mass is 305 g/mol. The Labute approximate surface area is 119 Å². The highest BCUT2D eigenvalue weighted by molar-refractivity contribution is 7.89. The number of sulfonamides is 1. The van der Waals surface area contributed by atoms with Crippen molar-refractivity contribution >= 4 is 10.0 Å². The Hall–Kier alpha value is -1.02. The van der Waals surface area contributed by atoms with Crippen molar-refractivity contribution in [3.8, 4) is 0 Å². The summed E-state index contributed by atoms with van der Waals surface area (Å²) < 4.78 is 44.7. The van der Waals surface area contributed by atoms with Crippen molar-refractivity contribution < 1.29 is 22.7 Å². The van der Waals surface area contributed by atoms with Gasteiger partial charge < -0.3 is 9.84 Å². The maximum absolute atomic E-state index is 13.7. The fourth-order valence-electron chi connectivity index (χ4n) is 1.69. The van der Waals surface area contributed by atoms with Crippen LogP contribution in [0.1, 0.15) is 18.1 Å². The highest BCUT2D eigenvalue weighted by atomic mass is 32.2. The van der Waals surface area contributed by atoms with Crippen LogP contribution in [0.4, 0.5) is 4.39 Å². The van der Waals surface area contributed by atoms with E-state index in [-0.39, 0.29) is 29.2 Å². The van der Waals surface area contributed by atoms with Gasteiger partial charge in [0.05, 0.1) is 18.1 Å². The van der Waals surface area contributed by atoms with E-state index in [1.54, 1.807) is 0 Å². The standard InChI is InChI=1S/C13H20FNO4S/c1-4-19-6-5-15(3)20(17,18)13-8-11(9-16)7-12(14)10(13)2/h7-8,16H,4-6,9H2,1-3H3. The predicted octanol–water partition coefficient (Wildman–Crippen LogP) is 1.28. The Bertz CT molecular complexity index is 560. The number of ether oxygens (including phenoxy) is 1. The summed E-state index contributed by atoms with van der Waals surface area (Å²) in [7, 11) is -2.39. The molecule has 1 aromatic rings. The Balaban J connectivity index is 3.11. The van der Waals surface area contributed by atoms with Gasteiger partial charge >= 0.3 is 0 Å². The second kappa shape index (κ2) is 7.12. The van der Waals surface area contributed by atoms with Gasteiger partial charge in [0.1, 0.15) is 5.82 Å². The van der Waals surface area contributed by atoms with E-state index in [1.165, 1.54) is 20.0 Å². The van der Waals surface area contributed by atoms with Crippen LogP contribution in [0.2, 0.25) is 0 Å². The molecule has 1 aromatic carbocycles. The van der Waals surface area contributed by atoms with Crippen LogP contribution in [0.3, 0.4) is 0 Å². The maximum Gasteiger partial charge on any atom is 0.243 e. The van der Waals surface area contributed by atoms with E-state index in [0.717, 1.165) is 10.4 Å². The first kappa shape index (κ1) is 17.0. The zero-order chi connectivity index (χ0) is 15.3. The molecule has 0 saturated heterocycles. The number of likely N-dealkylation sites (N-methyl/N-ethyl adjacent to an activating group) is 1. The van der Waals surface area contributed by atoms with Gasteiger partial charge in [-0.25, -0.2) is 12.8 Å². The summed E-state index contributed by atoms with van der Waals surface area (Å²) in [6, 6.07) is 2.43. The van der Waals surface area contributed by atoms with E-state index in [4.69, 9.17) is 9.84 Å². The third-order valence-corrected chi connectivity index (χ3v) is 4.96. The molecule has 0 unspecified atom stereocenters. The van der Waals surface area contributed by atoms with Crippen molar-refractivity contribution in [2.45, 2.75) is 25.3 Å². The van der Waals surface area contributed by atoms with E-state index in [2.05, 4.69) is 0 Å². The minimum Gasteiger partial charge on any atom is -0.392 e. The number of benzene rings is 1. The fraction of sp³-hybridized carbons (Fsp3) is 0.538. The first-order valence-corrected chi connectivity index (χ1v) is 7.72. The maximum atomic E-state index is 13.7. The number of hydrogen-bond acceptors (Lipinski definition) is 4. The third-order valence-electron chi connectivity index (χ3n) is 2.98. The molecule has 7 heteroatoms. The molecular weight excluding hydrogens is 285 g/mol. The van der Waals surface area contributed by atoms with Crippen LogP contribution in [-0.2, 0) is 21.4 Å². The van der Waals surface area contributed by atoms with Gasteiger partial charge in [-0.2, -0.15) is 4.31 Å². The van der Waals surface area contributed by atoms with Gasteiger partial charge in [0, 0.05) is 25.8 Å². The molecule has 114 valence electrons. The molecule has 0 radical (unpaired) electrons. The number of halogens is 1. The van der Waals surface area contributed by atoms with Crippen molar-refractivity contribution in [1.29, 1.82) is 0 Å². The molecule has 1 N–H and O–H groups in total. The topological polar surface area (TPSA) is 66.8 Å². The van der Waals surface area contributed by atoms with Gasteiger partial charge in [-0.05, 0) is 31.5 Å². The molecule has 5 nitrogen and oxygen atoms in total. The van der Waals surface area contributed by atoms with Crippen LogP contribution in [0, 0.1) is 12.7 Å². The zero-order valence-corrected chi connectivity index (χ0v) is 12.7. The summed E-state index contributed by atoms with van der Waals surface area (Å²) in [6.07, 6.45) is 0. The summed E-state index contributed by atoms with van der Waals surface area (Å²) in [5.41, 5.74) is 0.273. The summed E-state index contributed by atoms with van der Waals surface area (Å²) in [5.74, 6) is -0.645. The molecule has 0 fully saturated rings. The van der Waals surface area contributed by atoms with Gasteiger partial charge in [0.25, 0.3) is 0 Å². The lowest BCUT2D eigenvalue weighted by Crippen LogP contribution is -2.31. The van der Waals surface area contributed by atoms with Crippen LogP contribution in [0.15, 0.2) is 17.0 Å². The first-order chi connectivity index (χ1) is 9.34. The molecule has 0 saturated carbocycles. The summed E-state index contributed by atoms with van der Waals surface area (Å²) >= 11 is 0. The summed E-state index contributed by atoms with van der Waals surface area (Å²) in [4.78, 5) is -0.124. The van der Waals surface area contributed by atoms with Crippen LogP contribution in [-0.4, -0.2) is 44.6 Å². The Kier molecular flexibility index (Phi) is 6.07. The second-order valence-corrected chi connectivity index (χ2v) is 6.40. The lowest BCUT2D eigenvalue weighted by Gasteiger charge is -2.19. The minimum absolute atomic E-state index is 0.0467. The third kappa shape index (κ3) is 3.76. The smallest absolute Gasteiger partial charge is 0.243 e. The number of aliphatic hydroxyl groups excluding tert-OH is 1. The van der Waals surface area contributed by atoms with Crippen molar-refractivity contribution in [2.75, 3.05) is 26.8 Å². The summed E-state index contributed by atoms with van der Waals surface area (Å²) in [5, 5.41) is 9.06. The van der Waals surface area contributed by atoms with Crippen LogP contribution >= 0.6 is 0 Å². The average Bonchev–Trinajstić information content (AvgIpc) is 2.41. The van der Waals surface area contributed by atoms with Crippen LogP contribution in [0.25, 0.3) is 0 Å². The van der Waals surface area contributed by atoms with E-state index in [9.17, 15) is 12.8 Å². The van der Waals surface area contributed by atoms with E-state index < -0.39 is 22.4 Å². The number of hydrogen-bond donors (Lipinski definition) is 1. The molecule has 0 spiro atoms. The van der Waals surface area contributed by atoms with Crippen molar-refractivity contribution in [1.82, 2.24) is 4.31 Å². The molecule has 0 aliphatic carbocycles. The van der Waals surface area contributed by atoms with Gasteiger partial charge in [-0.15, -0.1) is 0 Å². The number of aliphatic hydroxyl groups is 1. The van der Waals surface area contributed by atoms with Gasteiger partial charge in [0.2, 0.25) is 10.0 Å². The molecule has 0 aliphatic rings. The quantitative estimate of drug-likeness (QED) is 0.771. The first-order valence-electron chi connectivity index (χ1n) is 6.28. The Morgan fingerprint density at radius 3 is 2.60 bits per heavy atom. The largest absolute Gasteiger partial charge is 0.392 e. The number of rotatable bonds is 7. The zero-order valence-electron chi connectivity index (χ0n) is 11.9. The molecular formula is C13H20FNO4S. The lowest BCUT2D eigenvalue weighted by atomic mass is 10.1. The molecule has 0 bridgehead atoms. The van der Waals surface area contributed by atoms with Gasteiger partial charge in [0.15, 0.2) is 0 Å². The van der Waals surface area contributed by atoms with E-state index in [0.29, 0.717) is 6.61 Å². The molecule has 0 aromatic heterocycles. The molecule has 0 amide bonds. The predicted molar refractivity (Wildman–Crippen MR) is 73.4 cm³/mol. The van der Waals surface area contributed by atoms with E-state index in [1.807, 2.05) is 6.92 Å². The molecule has 0 heterocycles. The highest BCUT2D eigenvalue weighted by Gasteiger charge is 2.24.